The zero-order chi connectivity index (χ0) is 15.6. The van der Waals surface area contributed by atoms with Crippen LogP contribution in [0.15, 0.2) is 39.2 Å². The third kappa shape index (κ3) is 3.53. The molecule has 21 heavy (non-hydrogen) atoms. The van der Waals surface area contributed by atoms with Crippen molar-refractivity contribution in [2.45, 2.75) is 33.4 Å². The first-order chi connectivity index (χ1) is 9.90. The van der Waals surface area contributed by atoms with Crippen LogP contribution in [0.25, 0.3) is 0 Å². The highest BCUT2D eigenvalue weighted by molar-refractivity contribution is 9.10. The lowest BCUT2D eigenvalue weighted by atomic mass is 10.1. The van der Waals surface area contributed by atoms with Gasteiger partial charge in [0, 0.05) is 10.5 Å². The fraction of sp³-hybridized carbons (Fsp3) is 0.312. The number of rotatable bonds is 4. The van der Waals surface area contributed by atoms with Gasteiger partial charge in [0.25, 0.3) is 5.91 Å². The van der Waals surface area contributed by atoms with E-state index < -0.39 is 5.82 Å². The van der Waals surface area contributed by atoms with E-state index in [-0.39, 0.29) is 17.5 Å². The zero-order valence-electron chi connectivity index (χ0n) is 12.2. The van der Waals surface area contributed by atoms with Crippen LogP contribution >= 0.6 is 15.9 Å². The van der Waals surface area contributed by atoms with Gasteiger partial charge in [-0.2, -0.15) is 0 Å². The van der Waals surface area contributed by atoms with E-state index in [9.17, 15) is 9.18 Å². The topological polar surface area (TPSA) is 33.5 Å². The van der Waals surface area contributed by atoms with Gasteiger partial charge in [0.05, 0.1) is 12.1 Å². The maximum atomic E-state index is 14.0. The van der Waals surface area contributed by atoms with Gasteiger partial charge >= 0.3 is 0 Å². The molecule has 0 saturated carbocycles. The van der Waals surface area contributed by atoms with E-state index in [1.165, 1.54) is 6.07 Å². The average molecular weight is 354 g/mol. The number of halogens is 2. The van der Waals surface area contributed by atoms with Gasteiger partial charge in [-0.1, -0.05) is 6.07 Å². The second kappa shape index (κ2) is 6.43. The summed E-state index contributed by atoms with van der Waals surface area (Å²) >= 11 is 3.24. The summed E-state index contributed by atoms with van der Waals surface area (Å²) in [6, 6.07) is 8.10. The van der Waals surface area contributed by atoms with Crippen LogP contribution in [0.2, 0.25) is 0 Å². The molecule has 0 aliphatic carbocycles. The van der Waals surface area contributed by atoms with E-state index >= 15 is 0 Å². The molecule has 0 N–H and O–H groups in total. The van der Waals surface area contributed by atoms with Gasteiger partial charge in [-0.05, 0) is 61.0 Å². The number of benzene rings is 1. The molecule has 2 aromatic rings. The first-order valence-corrected chi connectivity index (χ1v) is 7.49. The number of carbonyl (C=O) groups excluding carboxylic acids is 1. The lowest BCUT2D eigenvalue weighted by molar-refractivity contribution is 0.0669. The summed E-state index contributed by atoms with van der Waals surface area (Å²) in [6.45, 7) is 5.94. The fourth-order valence-electron chi connectivity index (χ4n) is 2.07. The van der Waals surface area contributed by atoms with Crippen molar-refractivity contribution in [3.05, 3.63) is 57.7 Å². The van der Waals surface area contributed by atoms with Crippen molar-refractivity contribution in [2.24, 2.45) is 0 Å². The molecule has 1 aromatic carbocycles. The minimum absolute atomic E-state index is 0.0504. The second-order valence-corrected chi connectivity index (χ2v) is 5.99. The van der Waals surface area contributed by atoms with Crippen molar-refractivity contribution in [1.82, 2.24) is 4.90 Å². The highest BCUT2D eigenvalue weighted by atomic mass is 79.9. The molecule has 0 radical (unpaired) electrons. The van der Waals surface area contributed by atoms with Crippen LogP contribution in [0.5, 0.6) is 0 Å². The first kappa shape index (κ1) is 15.8. The maximum Gasteiger partial charge on any atom is 0.258 e. The fourth-order valence-corrected chi connectivity index (χ4v) is 2.58. The van der Waals surface area contributed by atoms with E-state index in [2.05, 4.69) is 15.9 Å². The minimum atomic E-state index is -0.532. The molecule has 2 rings (SSSR count). The van der Waals surface area contributed by atoms with Crippen LogP contribution in [0, 0.1) is 12.7 Å². The molecule has 1 heterocycles. The molecule has 112 valence electrons. The predicted octanol–water partition coefficient (Wildman–Crippen LogP) is 4.54. The van der Waals surface area contributed by atoms with Crippen LogP contribution < -0.4 is 0 Å². The summed E-state index contributed by atoms with van der Waals surface area (Å²) in [4.78, 5) is 14.2. The SMILES string of the molecule is Cc1ccc(CN(C(=O)c2c(F)cccc2Br)C(C)C)o1. The van der Waals surface area contributed by atoms with Gasteiger partial charge in [-0.25, -0.2) is 4.39 Å². The summed E-state index contributed by atoms with van der Waals surface area (Å²) in [6.07, 6.45) is 0. The van der Waals surface area contributed by atoms with E-state index in [0.29, 0.717) is 16.8 Å². The second-order valence-electron chi connectivity index (χ2n) is 5.14. The average Bonchev–Trinajstić information content (AvgIpc) is 2.81. The van der Waals surface area contributed by atoms with E-state index in [1.54, 1.807) is 17.0 Å². The summed E-state index contributed by atoms with van der Waals surface area (Å²) in [7, 11) is 0. The maximum absolute atomic E-state index is 14.0. The normalized spacial score (nSPS) is 11.0. The van der Waals surface area contributed by atoms with Crippen molar-refractivity contribution in [3.8, 4) is 0 Å². The summed E-state index contributed by atoms with van der Waals surface area (Å²) in [5.74, 6) is 0.579. The molecule has 1 amide bonds. The molecular weight excluding hydrogens is 337 g/mol. The number of furan rings is 1. The highest BCUT2D eigenvalue weighted by Gasteiger charge is 2.24. The van der Waals surface area contributed by atoms with Crippen molar-refractivity contribution in [2.75, 3.05) is 0 Å². The van der Waals surface area contributed by atoms with Gasteiger partial charge in [0.1, 0.15) is 17.3 Å². The molecule has 0 aliphatic rings. The summed E-state index contributed by atoms with van der Waals surface area (Å²) in [5, 5.41) is 0. The number of aryl methyl sites for hydroxylation is 1. The first-order valence-electron chi connectivity index (χ1n) is 6.70. The van der Waals surface area contributed by atoms with Gasteiger partial charge in [-0.3, -0.25) is 4.79 Å². The van der Waals surface area contributed by atoms with Crippen molar-refractivity contribution < 1.29 is 13.6 Å². The Morgan fingerprint density at radius 1 is 1.33 bits per heavy atom. The molecule has 1 aromatic heterocycles. The zero-order valence-corrected chi connectivity index (χ0v) is 13.8. The molecule has 0 saturated heterocycles. The molecule has 5 heteroatoms. The van der Waals surface area contributed by atoms with Crippen LogP contribution in [0.4, 0.5) is 4.39 Å². The summed E-state index contributed by atoms with van der Waals surface area (Å²) < 4.78 is 19.9. The monoisotopic (exact) mass is 353 g/mol. The molecule has 0 unspecified atom stereocenters. The molecule has 0 aliphatic heterocycles. The Bertz CT molecular complexity index is 631. The Labute approximate surface area is 131 Å². The standard InChI is InChI=1S/C16H17BrFNO2/c1-10(2)19(9-12-8-7-11(3)21-12)16(20)15-13(17)5-4-6-14(15)18/h4-8,10H,9H2,1-3H3. The predicted molar refractivity (Wildman–Crippen MR) is 82.6 cm³/mol. The lowest BCUT2D eigenvalue weighted by Gasteiger charge is -2.26. The van der Waals surface area contributed by atoms with Crippen LogP contribution in [-0.4, -0.2) is 16.8 Å². The Morgan fingerprint density at radius 2 is 2.05 bits per heavy atom. The molecule has 0 spiro atoms. The van der Waals surface area contributed by atoms with Gasteiger partial charge in [0.2, 0.25) is 0 Å². The number of hydrogen-bond donors (Lipinski definition) is 0. The Morgan fingerprint density at radius 3 is 2.57 bits per heavy atom. The van der Waals surface area contributed by atoms with Crippen molar-refractivity contribution in [3.63, 3.8) is 0 Å². The Hall–Kier alpha value is -1.62. The number of carbonyl (C=O) groups is 1. The van der Waals surface area contributed by atoms with Gasteiger partial charge in [0.15, 0.2) is 0 Å². The van der Waals surface area contributed by atoms with Crippen LogP contribution in [0.1, 0.15) is 35.7 Å². The molecule has 3 nitrogen and oxygen atoms in total. The molecule has 0 atom stereocenters. The quantitative estimate of drug-likeness (QED) is 0.808. The van der Waals surface area contributed by atoms with Gasteiger partial charge in [-0.15, -0.1) is 0 Å². The third-order valence-electron chi connectivity index (χ3n) is 3.18. The van der Waals surface area contributed by atoms with Crippen LogP contribution in [0.3, 0.4) is 0 Å². The summed E-state index contributed by atoms with van der Waals surface area (Å²) in [5.41, 5.74) is 0.0504. The Balaban J connectivity index is 2.32. The van der Waals surface area contributed by atoms with Gasteiger partial charge < -0.3 is 9.32 Å². The largest absolute Gasteiger partial charge is 0.464 e. The molecule has 0 fully saturated rings. The number of amides is 1. The number of hydrogen-bond acceptors (Lipinski definition) is 2. The number of nitrogens with zero attached hydrogens (tertiary/aromatic N) is 1. The smallest absolute Gasteiger partial charge is 0.258 e. The van der Waals surface area contributed by atoms with E-state index in [4.69, 9.17) is 4.42 Å². The van der Waals surface area contributed by atoms with E-state index in [1.807, 2.05) is 32.9 Å². The van der Waals surface area contributed by atoms with Crippen molar-refractivity contribution in [1.29, 1.82) is 0 Å². The molecular formula is C16H17BrFNO2. The Kier molecular flexibility index (Phi) is 4.83. The third-order valence-corrected chi connectivity index (χ3v) is 3.84. The highest BCUT2D eigenvalue weighted by Crippen LogP contribution is 2.23. The van der Waals surface area contributed by atoms with Crippen molar-refractivity contribution >= 4 is 21.8 Å². The minimum Gasteiger partial charge on any atom is -0.464 e. The van der Waals surface area contributed by atoms with Crippen LogP contribution in [-0.2, 0) is 6.54 Å². The van der Waals surface area contributed by atoms with E-state index in [0.717, 1.165) is 5.76 Å². The lowest BCUT2D eigenvalue weighted by Crippen LogP contribution is -2.37. The molecule has 0 bridgehead atoms.